The van der Waals surface area contributed by atoms with Gasteiger partial charge in [-0.2, -0.15) is 0 Å². The van der Waals surface area contributed by atoms with Crippen molar-refractivity contribution >= 4 is 0 Å². The van der Waals surface area contributed by atoms with Crippen LogP contribution in [0.1, 0.15) is 27.7 Å². The second-order valence-electron chi connectivity index (χ2n) is 4.84. The lowest BCUT2D eigenvalue weighted by Gasteiger charge is -2.42. The monoisotopic (exact) mass is 186 g/mol. The molecule has 0 aromatic carbocycles. The Kier molecular flexibility index (Phi) is 3.33. The molecule has 0 saturated carbocycles. The van der Waals surface area contributed by atoms with E-state index in [1.54, 1.807) is 0 Å². The van der Waals surface area contributed by atoms with Gasteiger partial charge in [-0.05, 0) is 27.7 Å². The summed E-state index contributed by atoms with van der Waals surface area (Å²) in [5.74, 6) is 0. The molecular weight excluding hydrogens is 164 g/mol. The maximum Gasteiger partial charge on any atom is 0.0718 e. The van der Waals surface area contributed by atoms with E-state index in [0.29, 0.717) is 12.1 Å². The molecule has 1 fully saturated rings. The molecule has 3 heteroatoms. The molecule has 1 rings (SSSR count). The first-order valence-electron chi connectivity index (χ1n) is 5.09. The van der Waals surface area contributed by atoms with Gasteiger partial charge in [-0.15, -0.1) is 0 Å². The maximum absolute atomic E-state index is 9.74. The molecule has 13 heavy (non-hydrogen) atoms. The normalized spacial score (nSPS) is 32.1. The van der Waals surface area contributed by atoms with Gasteiger partial charge in [0.25, 0.3) is 0 Å². The van der Waals surface area contributed by atoms with Gasteiger partial charge in [-0.3, -0.25) is 4.90 Å². The second-order valence-corrected chi connectivity index (χ2v) is 4.84. The van der Waals surface area contributed by atoms with E-state index in [1.165, 1.54) is 0 Å². The second kappa shape index (κ2) is 3.95. The van der Waals surface area contributed by atoms with Crippen LogP contribution in [0, 0.1) is 0 Å². The Labute approximate surface area is 81.1 Å². The van der Waals surface area contributed by atoms with E-state index < -0.39 is 5.60 Å². The number of hydrogen-bond donors (Lipinski definition) is 2. The van der Waals surface area contributed by atoms with Crippen LogP contribution in [0.5, 0.6) is 0 Å². The lowest BCUT2D eigenvalue weighted by molar-refractivity contribution is -0.00175. The van der Waals surface area contributed by atoms with Crippen LogP contribution in [-0.2, 0) is 0 Å². The summed E-state index contributed by atoms with van der Waals surface area (Å²) in [6.07, 6.45) is 0. The Bertz CT molecular complexity index is 155. The van der Waals surface area contributed by atoms with Gasteiger partial charge >= 0.3 is 0 Å². The molecular formula is C10H22N2O. The predicted molar refractivity (Wildman–Crippen MR) is 54.8 cm³/mol. The summed E-state index contributed by atoms with van der Waals surface area (Å²) < 4.78 is 0. The molecule has 0 amide bonds. The molecule has 1 heterocycles. The van der Waals surface area contributed by atoms with E-state index in [2.05, 4.69) is 24.1 Å². The summed E-state index contributed by atoms with van der Waals surface area (Å²) >= 11 is 0. The highest BCUT2D eigenvalue weighted by atomic mass is 16.3. The van der Waals surface area contributed by atoms with Crippen molar-refractivity contribution in [2.75, 3.05) is 19.6 Å². The highest BCUT2D eigenvalue weighted by Gasteiger charge is 2.28. The molecule has 2 N–H and O–H groups in total. The number of piperazine rings is 1. The quantitative estimate of drug-likeness (QED) is 0.657. The summed E-state index contributed by atoms with van der Waals surface area (Å²) in [5.41, 5.74) is -0.583. The molecule has 78 valence electrons. The molecule has 0 unspecified atom stereocenters. The molecule has 0 aliphatic carbocycles. The van der Waals surface area contributed by atoms with E-state index in [4.69, 9.17) is 0 Å². The van der Waals surface area contributed by atoms with Crippen molar-refractivity contribution in [2.24, 2.45) is 0 Å². The third-order valence-electron chi connectivity index (χ3n) is 2.58. The number of β-amino-alcohol motifs (C(OH)–C–C–N with tert-alkyl or cyclic N) is 1. The Balaban J connectivity index is 2.54. The minimum absolute atomic E-state index is 0.523. The smallest absolute Gasteiger partial charge is 0.0718 e. The van der Waals surface area contributed by atoms with Crippen molar-refractivity contribution in [3.05, 3.63) is 0 Å². The lowest BCUT2D eigenvalue weighted by Crippen LogP contribution is -2.58. The van der Waals surface area contributed by atoms with Crippen LogP contribution >= 0.6 is 0 Å². The third kappa shape index (κ3) is 3.25. The van der Waals surface area contributed by atoms with Gasteiger partial charge in [-0.1, -0.05) is 0 Å². The Morgan fingerprint density at radius 3 is 2.15 bits per heavy atom. The highest BCUT2D eigenvalue weighted by Crippen LogP contribution is 2.14. The first-order chi connectivity index (χ1) is 5.90. The van der Waals surface area contributed by atoms with Crippen molar-refractivity contribution in [1.82, 2.24) is 10.2 Å². The largest absolute Gasteiger partial charge is 0.389 e. The van der Waals surface area contributed by atoms with Crippen LogP contribution in [0.15, 0.2) is 0 Å². The maximum atomic E-state index is 9.74. The molecule has 0 radical (unpaired) electrons. The van der Waals surface area contributed by atoms with E-state index in [1.807, 2.05) is 13.8 Å². The fraction of sp³-hybridized carbons (Fsp3) is 1.00. The van der Waals surface area contributed by atoms with Crippen LogP contribution in [0.3, 0.4) is 0 Å². The Hall–Kier alpha value is -0.120. The van der Waals surface area contributed by atoms with Crippen molar-refractivity contribution < 1.29 is 5.11 Å². The number of nitrogens with one attached hydrogen (secondary N) is 1. The van der Waals surface area contributed by atoms with Crippen molar-refractivity contribution in [1.29, 1.82) is 0 Å². The van der Waals surface area contributed by atoms with Crippen molar-refractivity contribution in [2.45, 2.75) is 45.4 Å². The highest BCUT2D eigenvalue weighted by molar-refractivity contribution is 4.86. The number of rotatable bonds is 2. The summed E-state index contributed by atoms with van der Waals surface area (Å²) in [6.45, 7) is 11.0. The Morgan fingerprint density at radius 1 is 1.31 bits per heavy atom. The van der Waals surface area contributed by atoms with E-state index >= 15 is 0 Å². The molecule has 1 aliphatic heterocycles. The number of nitrogens with zero attached hydrogens (tertiary/aromatic N) is 1. The zero-order chi connectivity index (χ0) is 10.1. The summed E-state index contributed by atoms with van der Waals surface area (Å²) in [4.78, 5) is 2.37. The zero-order valence-corrected chi connectivity index (χ0v) is 9.17. The van der Waals surface area contributed by atoms with Gasteiger partial charge < -0.3 is 10.4 Å². The fourth-order valence-corrected chi connectivity index (χ4v) is 1.93. The summed E-state index contributed by atoms with van der Waals surface area (Å²) in [6, 6.07) is 1.05. The minimum Gasteiger partial charge on any atom is -0.389 e. The van der Waals surface area contributed by atoms with Crippen LogP contribution in [0.4, 0.5) is 0 Å². The van der Waals surface area contributed by atoms with E-state index in [0.717, 1.165) is 19.6 Å². The fourth-order valence-electron chi connectivity index (χ4n) is 1.93. The van der Waals surface area contributed by atoms with Gasteiger partial charge in [0.15, 0.2) is 0 Å². The summed E-state index contributed by atoms with van der Waals surface area (Å²) in [7, 11) is 0. The van der Waals surface area contributed by atoms with Crippen LogP contribution < -0.4 is 5.32 Å². The van der Waals surface area contributed by atoms with Gasteiger partial charge in [0.2, 0.25) is 0 Å². The Morgan fingerprint density at radius 2 is 1.77 bits per heavy atom. The first-order valence-corrected chi connectivity index (χ1v) is 5.09. The third-order valence-corrected chi connectivity index (χ3v) is 2.58. The van der Waals surface area contributed by atoms with E-state index in [-0.39, 0.29) is 0 Å². The van der Waals surface area contributed by atoms with Gasteiger partial charge in [0, 0.05) is 31.7 Å². The number of hydrogen-bond acceptors (Lipinski definition) is 3. The minimum atomic E-state index is -0.583. The average Bonchev–Trinajstić information content (AvgIpc) is 1.95. The molecule has 0 aromatic heterocycles. The zero-order valence-electron chi connectivity index (χ0n) is 9.17. The topological polar surface area (TPSA) is 35.5 Å². The van der Waals surface area contributed by atoms with Crippen LogP contribution in [0.2, 0.25) is 0 Å². The standard InChI is InChI=1S/C10H22N2O/c1-8-5-11-6-9(2)12(8)7-10(3,4)13/h8-9,11,13H,5-7H2,1-4H3/t8-,9+. The molecule has 1 saturated heterocycles. The van der Waals surface area contributed by atoms with Crippen LogP contribution in [0.25, 0.3) is 0 Å². The molecule has 1 aliphatic rings. The van der Waals surface area contributed by atoms with Gasteiger partial charge in [0.05, 0.1) is 5.60 Å². The summed E-state index contributed by atoms with van der Waals surface area (Å²) in [5, 5.41) is 13.1. The first kappa shape index (κ1) is 11.0. The molecule has 3 nitrogen and oxygen atoms in total. The van der Waals surface area contributed by atoms with Gasteiger partial charge in [0.1, 0.15) is 0 Å². The van der Waals surface area contributed by atoms with E-state index in [9.17, 15) is 5.11 Å². The van der Waals surface area contributed by atoms with Crippen molar-refractivity contribution in [3.63, 3.8) is 0 Å². The number of aliphatic hydroxyl groups is 1. The lowest BCUT2D eigenvalue weighted by atomic mass is 10.0. The predicted octanol–water partition coefficient (Wildman–Crippen LogP) is 0.439. The molecule has 2 atom stereocenters. The van der Waals surface area contributed by atoms with Gasteiger partial charge in [-0.25, -0.2) is 0 Å². The SMILES string of the molecule is C[C@@H]1CNC[C@H](C)N1CC(C)(C)O. The average molecular weight is 186 g/mol. The van der Waals surface area contributed by atoms with Crippen LogP contribution in [-0.4, -0.2) is 47.3 Å². The molecule has 0 bridgehead atoms. The molecule has 0 spiro atoms. The molecule has 0 aromatic rings. The van der Waals surface area contributed by atoms with Crippen molar-refractivity contribution in [3.8, 4) is 0 Å².